The molecule has 1 aliphatic carbocycles. The highest BCUT2D eigenvalue weighted by atomic mass is 32.1. The number of nitrogens with one attached hydrogen (secondary N) is 1. The minimum atomic E-state index is -0.657. The molecular weight excluding hydrogens is 374 g/mol. The quantitative estimate of drug-likeness (QED) is 0.708. The number of hydrogen-bond donors (Lipinski definition) is 1. The van der Waals surface area contributed by atoms with Crippen molar-refractivity contribution in [3.8, 4) is 5.75 Å². The first-order valence-electron chi connectivity index (χ1n) is 9.63. The van der Waals surface area contributed by atoms with Gasteiger partial charge in [0.05, 0.1) is 18.3 Å². The van der Waals surface area contributed by atoms with Crippen molar-refractivity contribution in [1.82, 2.24) is 9.55 Å². The number of hydrogen-bond acceptors (Lipinski definition) is 5. The highest BCUT2D eigenvalue weighted by molar-refractivity contribution is 7.18. The molecule has 2 heterocycles. The molecule has 0 aliphatic heterocycles. The van der Waals surface area contributed by atoms with E-state index in [1.165, 1.54) is 15.8 Å². The van der Waals surface area contributed by atoms with Gasteiger partial charge in [0.2, 0.25) is 5.91 Å². The number of nitrogens with zero attached hydrogens (tertiary/aromatic N) is 2. The van der Waals surface area contributed by atoms with Crippen molar-refractivity contribution < 1.29 is 9.53 Å². The van der Waals surface area contributed by atoms with Gasteiger partial charge in [-0.25, -0.2) is 4.98 Å². The van der Waals surface area contributed by atoms with E-state index < -0.39 is 6.04 Å². The summed E-state index contributed by atoms with van der Waals surface area (Å²) in [7, 11) is 0. The van der Waals surface area contributed by atoms with Crippen LogP contribution in [-0.4, -0.2) is 22.1 Å². The Bertz CT molecular complexity index is 1070. The second-order valence-electron chi connectivity index (χ2n) is 6.97. The van der Waals surface area contributed by atoms with E-state index in [0.717, 1.165) is 41.8 Å². The highest BCUT2D eigenvalue weighted by Crippen LogP contribution is 2.33. The largest absolute Gasteiger partial charge is 0.494 e. The van der Waals surface area contributed by atoms with Crippen LogP contribution >= 0.6 is 11.3 Å². The molecule has 0 bridgehead atoms. The van der Waals surface area contributed by atoms with E-state index >= 15 is 0 Å². The third kappa shape index (κ3) is 3.42. The van der Waals surface area contributed by atoms with E-state index in [1.807, 2.05) is 6.92 Å². The Hall–Kier alpha value is -2.67. The maximum Gasteiger partial charge on any atom is 0.263 e. The summed E-state index contributed by atoms with van der Waals surface area (Å²) in [6, 6.07) is 6.53. The first-order valence-corrected chi connectivity index (χ1v) is 10.4. The zero-order valence-electron chi connectivity index (χ0n) is 16.0. The fourth-order valence-corrected chi connectivity index (χ4v) is 4.83. The van der Waals surface area contributed by atoms with E-state index in [-0.39, 0.29) is 11.5 Å². The molecule has 3 aromatic rings. The minimum Gasteiger partial charge on any atom is -0.494 e. The lowest BCUT2D eigenvalue weighted by molar-refractivity contribution is -0.118. The van der Waals surface area contributed by atoms with Crippen LogP contribution in [0.25, 0.3) is 10.2 Å². The van der Waals surface area contributed by atoms with Gasteiger partial charge in [0.25, 0.3) is 5.56 Å². The molecule has 146 valence electrons. The van der Waals surface area contributed by atoms with Crippen LogP contribution in [0, 0.1) is 0 Å². The topological polar surface area (TPSA) is 73.2 Å². The second kappa shape index (κ2) is 7.75. The molecular formula is C21H23N3O3S. The van der Waals surface area contributed by atoms with Crippen molar-refractivity contribution in [3.63, 3.8) is 0 Å². The number of aromatic nitrogens is 2. The number of amides is 1. The predicted molar refractivity (Wildman–Crippen MR) is 111 cm³/mol. The Labute approximate surface area is 167 Å². The molecule has 0 radical (unpaired) electrons. The monoisotopic (exact) mass is 397 g/mol. The minimum absolute atomic E-state index is 0.126. The lowest BCUT2D eigenvalue weighted by Crippen LogP contribution is -2.32. The number of carbonyl (C=O) groups excluding carboxylic acids is 1. The summed E-state index contributed by atoms with van der Waals surface area (Å²) in [5.74, 6) is 0.498. The van der Waals surface area contributed by atoms with Crippen LogP contribution in [0.3, 0.4) is 0 Å². The number of benzene rings is 1. The smallest absolute Gasteiger partial charge is 0.263 e. The standard InChI is InChI=1S/C21H23N3O3S/c1-3-27-15-10-8-14(9-11-15)23-19(25)13(2)24-12-22-20-18(21(24)26)16-6-4-5-7-17(16)28-20/h8-13H,3-7H2,1-2H3,(H,23,25)/t13-/m0/s1. The summed E-state index contributed by atoms with van der Waals surface area (Å²) in [4.78, 5) is 32.4. The van der Waals surface area contributed by atoms with E-state index in [9.17, 15) is 9.59 Å². The Balaban J connectivity index is 1.59. The summed E-state index contributed by atoms with van der Waals surface area (Å²) in [6.45, 7) is 4.23. The second-order valence-corrected chi connectivity index (χ2v) is 8.05. The predicted octanol–water partition coefficient (Wildman–Crippen LogP) is 3.94. The summed E-state index contributed by atoms with van der Waals surface area (Å²) in [5.41, 5.74) is 1.67. The molecule has 1 N–H and O–H groups in total. The fraction of sp³-hybridized carbons (Fsp3) is 0.381. The Morgan fingerprint density at radius 2 is 2.04 bits per heavy atom. The van der Waals surface area contributed by atoms with Gasteiger partial charge in [-0.2, -0.15) is 0 Å². The normalized spacial score (nSPS) is 14.5. The molecule has 7 heteroatoms. The molecule has 0 saturated heterocycles. The van der Waals surface area contributed by atoms with E-state index in [4.69, 9.17) is 4.74 Å². The first-order chi connectivity index (χ1) is 13.6. The molecule has 6 nitrogen and oxygen atoms in total. The Morgan fingerprint density at radius 3 is 2.79 bits per heavy atom. The molecule has 0 saturated carbocycles. The van der Waals surface area contributed by atoms with Crippen LogP contribution in [-0.2, 0) is 17.6 Å². The van der Waals surface area contributed by atoms with Crippen LogP contribution < -0.4 is 15.6 Å². The van der Waals surface area contributed by atoms with Crippen LogP contribution in [0.1, 0.15) is 43.2 Å². The van der Waals surface area contributed by atoms with Gasteiger partial charge in [-0.05, 0) is 69.4 Å². The highest BCUT2D eigenvalue weighted by Gasteiger charge is 2.23. The molecule has 2 aromatic heterocycles. The summed E-state index contributed by atoms with van der Waals surface area (Å²) >= 11 is 1.61. The van der Waals surface area contributed by atoms with Gasteiger partial charge in [0.1, 0.15) is 16.6 Å². The van der Waals surface area contributed by atoms with Crippen molar-refractivity contribution in [2.45, 2.75) is 45.6 Å². The van der Waals surface area contributed by atoms with Crippen LogP contribution in [0.4, 0.5) is 5.69 Å². The number of aryl methyl sites for hydroxylation is 2. The number of ether oxygens (including phenoxy) is 1. The van der Waals surface area contributed by atoms with Gasteiger partial charge in [0.15, 0.2) is 0 Å². The van der Waals surface area contributed by atoms with E-state index in [0.29, 0.717) is 17.7 Å². The van der Waals surface area contributed by atoms with E-state index in [2.05, 4.69) is 10.3 Å². The summed E-state index contributed by atoms with van der Waals surface area (Å²) in [6.07, 6.45) is 5.69. The van der Waals surface area contributed by atoms with Gasteiger partial charge >= 0.3 is 0 Å². The maximum atomic E-state index is 13.1. The molecule has 28 heavy (non-hydrogen) atoms. The van der Waals surface area contributed by atoms with Crippen molar-refractivity contribution in [2.75, 3.05) is 11.9 Å². The van der Waals surface area contributed by atoms with E-state index in [1.54, 1.807) is 42.5 Å². The average Bonchev–Trinajstić information content (AvgIpc) is 3.09. The lowest BCUT2D eigenvalue weighted by Gasteiger charge is -2.16. The van der Waals surface area contributed by atoms with Crippen molar-refractivity contribution in [1.29, 1.82) is 0 Å². The number of carbonyl (C=O) groups is 1. The molecule has 4 rings (SSSR count). The van der Waals surface area contributed by atoms with Gasteiger partial charge < -0.3 is 10.1 Å². The molecule has 1 aromatic carbocycles. The molecule has 1 aliphatic rings. The lowest BCUT2D eigenvalue weighted by atomic mass is 9.97. The zero-order valence-corrected chi connectivity index (χ0v) is 16.8. The van der Waals surface area contributed by atoms with Gasteiger partial charge in [-0.3, -0.25) is 14.2 Å². The number of anilines is 1. The SMILES string of the molecule is CCOc1ccc(NC(=O)[C@H](C)n2cnc3sc4c(c3c2=O)CCCC4)cc1. The van der Waals surface area contributed by atoms with Crippen LogP contribution in [0.15, 0.2) is 35.4 Å². The summed E-state index contributed by atoms with van der Waals surface area (Å²) in [5, 5.41) is 3.56. The maximum absolute atomic E-state index is 13.1. The van der Waals surface area contributed by atoms with Gasteiger partial charge in [-0.1, -0.05) is 0 Å². The molecule has 1 amide bonds. The molecule has 0 spiro atoms. The zero-order chi connectivity index (χ0) is 19.7. The average molecular weight is 398 g/mol. The number of fused-ring (bicyclic) bond motifs is 3. The van der Waals surface area contributed by atoms with Crippen molar-refractivity contribution in [3.05, 3.63) is 51.4 Å². The van der Waals surface area contributed by atoms with Gasteiger partial charge in [0, 0.05) is 10.6 Å². The third-order valence-corrected chi connectivity index (χ3v) is 6.33. The van der Waals surface area contributed by atoms with Crippen LogP contribution in [0.5, 0.6) is 5.75 Å². The Morgan fingerprint density at radius 1 is 1.29 bits per heavy atom. The number of rotatable bonds is 5. The molecule has 0 fully saturated rings. The van der Waals surface area contributed by atoms with Gasteiger partial charge in [-0.15, -0.1) is 11.3 Å². The first kappa shape index (κ1) is 18.7. The molecule has 0 unspecified atom stereocenters. The Kier molecular flexibility index (Phi) is 5.17. The fourth-order valence-electron chi connectivity index (χ4n) is 3.61. The van der Waals surface area contributed by atoms with Crippen LogP contribution in [0.2, 0.25) is 0 Å². The number of thiophene rings is 1. The van der Waals surface area contributed by atoms with Crippen molar-refractivity contribution >= 4 is 33.1 Å². The van der Waals surface area contributed by atoms with Crippen molar-refractivity contribution in [2.24, 2.45) is 0 Å². The molecule has 1 atom stereocenters. The third-order valence-electron chi connectivity index (χ3n) is 5.13. The summed E-state index contributed by atoms with van der Waals surface area (Å²) < 4.78 is 6.85.